The third-order valence-electron chi connectivity index (χ3n) is 3.96. The Morgan fingerprint density at radius 1 is 1.17 bits per heavy atom. The van der Waals surface area contributed by atoms with Crippen molar-refractivity contribution in [2.75, 3.05) is 20.6 Å². The van der Waals surface area contributed by atoms with E-state index in [1.807, 2.05) is 68.7 Å². The molecule has 0 fully saturated rings. The molecule has 1 N–H and O–H groups in total. The lowest BCUT2D eigenvalue weighted by atomic mass is 10.1. The summed E-state index contributed by atoms with van der Waals surface area (Å²) in [6, 6.07) is 17.8. The van der Waals surface area contributed by atoms with Gasteiger partial charge < -0.3 is 10.2 Å². The maximum atomic E-state index is 12.5. The number of nitrogens with zero attached hydrogens (tertiary/aromatic N) is 1. The molecule has 0 aliphatic heterocycles. The summed E-state index contributed by atoms with van der Waals surface area (Å²) in [4.78, 5) is 15.3. The Morgan fingerprint density at radius 2 is 1.96 bits per heavy atom. The van der Waals surface area contributed by atoms with Crippen molar-refractivity contribution in [3.63, 3.8) is 0 Å². The van der Waals surface area contributed by atoms with Gasteiger partial charge in [0.2, 0.25) is 0 Å². The zero-order valence-corrected chi connectivity index (χ0v) is 15.2. The van der Waals surface area contributed by atoms with Gasteiger partial charge in [-0.05, 0) is 49.3 Å². The average molecular weight is 359 g/mol. The van der Waals surface area contributed by atoms with Crippen LogP contribution in [0.25, 0.3) is 10.1 Å². The van der Waals surface area contributed by atoms with Crippen LogP contribution in [0.3, 0.4) is 0 Å². The van der Waals surface area contributed by atoms with E-state index in [9.17, 15) is 4.79 Å². The van der Waals surface area contributed by atoms with Gasteiger partial charge in [0.25, 0.3) is 5.91 Å². The number of likely N-dealkylation sites (N-methyl/N-ethyl adjacent to an activating group) is 1. The predicted octanol–water partition coefficient (Wildman–Crippen LogP) is 4.59. The zero-order chi connectivity index (χ0) is 17.1. The molecule has 24 heavy (non-hydrogen) atoms. The van der Waals surface area contributed by atoms with Crippen molar-refractivity contribution in [2.24, 2.45) is 0 Å². The second-order valence-electron chi connectivity index (χ2n) is 5.89. The normalized spacial score (nSPS) is 12.5. The maximum Gasteiger partial charge on any atom is 0.261 e. The molecule has 1 unspecified atom stereocenters. The van der Waals surface area contributed by atoms with Crippen molar-refractivity contribution in [2.45, 2.75) is 6.04 Å². The fourth-order valence-corrected chi connectivity index (χ4v) is 3.86. The number of carbonyl (C=O) groups is 1. The van der Waals surface area contributed by atoms with Gasteiger partial charge in [0.05, 0.1) is 10.9 Å². The van der Waals surface area contributed by atoms with Gasteiger partial charge in [-0.3, -0.25) is 4.79 Å². The molecule has 0 aliphatic carbocycles. The van der Waals surface area contributed by atoms with Crippen molar-refractivity contribution in [1.82, 2.24) is 10.2 Å². The molecule has 1 atom stereocenters. The molecule has 1 heterocycles. The van der Waals surface area contributed by atoms with Crippen molar-refractivity contribution in [3.8, 4) is 0 Å². The first-order valence-corrected chi connectivity index (χ1v) is 8.92. The van der Waals surface area contributed by atoms with Gasteiger partial charge in [-0.1, -0.05) is 41.9 Å². The quantitative estimate of drug-likeness (QED) is 0.723. The third kappa shape index (κ3) is 3.78. The summed E-state index contributed by atoms with van der Waals surface area (Å²) in [6.45, 7) is 0.528. The Bertz CT molecular complexity index is 826. The van der Waals surface area contributed by atoms with Crippen LogP contribution in [0.4, 0.5) is 0 Å². The molecule has 0 aliphatic rings. The van der Waals surface area contributed by atoms with Gasteiger partial charge in [0, 0.05) is 16.3 Å². The van der Waals surface area contributed by atoms with Crippen molar-refractivity contribution in [3.05, 3.63) is 70.1 Å². The Hall–Kier alpha value is -1.88. The summed E-state index contributed by atoms with van der Waals surface area (Å²) in [5, 5.41) is 4.85. The molecule has 0 radical (unpaired) electrons. The summed E-state index contributed by atoms with van der Waals surface area (Å²) >= 11 is 7.61. The van der Waals surface area contributed by atoms with Crippen LogP contribution in [0.5, 0.6) is 0 Å². The minimum Gasteiger partial charge on any atom is -0.349 e. The minimum absolute atomic E-state index is 0.0370. The Labute approximate surface area is 150 Å². The monoisotopic (exact) mass is 358 g/mol. The summed E-state index contributed by atoms with van der Waals surface area (Å²) in [7, 11) is 3.99. The molecule has 3 aromatic rings. The molecule has 2 aromatic carbocycles. The molecule has 0 spiro atoms. The second-order valence-corrected chi connectivity index (χ2v) is 7.41. The number of carbonyl (C=O) groups excluding carboxylic acids is 1. The first-order valence-electron chi connectivity index (χ1n) is 7.73. The smallest absolute Gasteiger partial charge is 0.261 e. The van der Waals surface area contributed by atoms with Crippen LogP contribution in [0.15, 0.2) is 54.6 Å². The molecule has 124 valence electrons. The molecule has 1 aromatic heterocycles. The fraction of sp³-hybridized carbons (Fsp3) is 0.211. The van der Waals surface area contributed by atoms with Crippen molar-refractivity contribution in [1.29, 1.82) is 0 Å². The molecule has 0 bridgehead atoms. The summed E-state index contributed by atoms with van der Waals surface area (Å²) in [5.74, 6) is -0.0370. The lowest BCUT2D eigenvalue weighted by Crippen LogP contribution is -2.34. The highest BCUT2D eigenvalue weighted by Gasteiger charge is 2.17. The number of benzene rings is 2. The Morgan fingerprint density at radius 3 is 2.67 bits per heavy atom. The number of hydrogen-bond acceptors (Lipinski definition) is 3. The highest BCUT2D eigenvalue weighted by molar-refractivity contribution is 7.20. The molecule has 3 rings (SSSR count). The average Bonchev–Trinajstić information content (AvgIpc) is 2.99. The molecular formula is C19H19ClN2OS. The van der Waals surface area contributed by atoms with Crippen molar-refractivity contribution < 1.29 is 4.79 Å². The SMILES string of the molecule is CN(C)C(CNC(=O)c1cc2ccccc2s1)c1cccc(Cl)c1. The fourth-order valence-electron chi connectivity index (χ4n) is 2.68. The van der Waals surface area contributed by atoms with Gasteiger partial charge >= 0.3 is 0 Å². The van der Waals surface area contributed by atoms with Crippen LogP contribution in [-0.2, 0) is 0 Å². The topological polar surface area (TPSA) is 32.3 Å². The van der Waals surface area contributed by atoms with Gasteiger partial charge in [-0.2, -0.15) is 0 Å². The number of amides is 1. The van der Waals surface area contributed by atoms with Gasteiger partial charge in [-0.25, -0.2) is 0 Å². The molecule has 5 heteroatoms. The minimum atomic E-state index is -0.0370. The molecular weight excluding hydrogens is 340 g/mol. The van der Waals surface area contributed by atoms with E-state index in [2.05, 4.69) is 10.2 Å². The van der Waals surface area contributed by atoms with Crippen LogP contribution >= 0.6 is 22.9 Å². The largest absolute Gasteiger partial charge is 0.349 e. The maximum absolute atomic E-state index is 12.5. The number of hydrogen-bond donors (Lipinski definition) is 1. The molecule has 3 nitrogen and oxygen atoms in total. The van der Waals surface area contributed by atoms with Gasteiger partial charge in [0.15, 0.2) is 0 Å². The summed E-state index contributed by atoms with van der Waals surface area (Å²) in [6.07, 6.45) is 0. The van der Waals surface area contributed by atoms with Crippen LogP contribution < -0.4 is 5.32 Å². The number of nitrogens with one attached hydrogen (secondary N) is 1. The van der Waals surface area contributed by atoms with E-state index in [0.29, 0.717) is 11.6 Å². The highest BCUT2D eigenvalue weighted by atomic mass is 35.5. The highest BCUT2D eigenvalue weighted by Crippen LogP contribution is 2.25. The number of thiophene rings is 1. The van der Waals surface area contributed by atoms with Crippen molar-refractivity contribution >= 4 is 38.9 Å². The molecule has 0 saturated heterocycles. The number of halogens is 1. The van der Waals surface area contributed by atoms with E-state index < -0.39 is 0 Å². The predicted molar refractivity (Wildman–Crippen MR) is 102 cm³/mol. The summed E-state index contributed by atoms with van der Waals surface area (Å²) in [5.41, 5.74) is 1.09. The Kier molecular flexibility index (Phi) is 5.19. The standard InChI is InChI=1S/C19H19ClN2OS/c1-22(2)16(13-7-5-8-15(20)10-13)12-21-19(23)18-11-14-6-3-4-9-17(14)24-18/h3-11,16H,12H2,1-2H3,(H,21,23). The zero-order valence-electron chi connectivity index (χ0n) is 13.6. The van der Waals surface area contributed by atoms with Crippen LogP contribution in [-0.4, -0.2) is 31.4 Å². The first kappa shape index (κ1) is 17.0. The van der Waals surface area contributed by atoms with E-state index in [1.54, 1.807) is 0 Å². The van der Waals surface area contributed by atoms with E-state index >= 15 is 0 Å². The first-order chi connectivity index (χ1) is 11.5. The molecule has 1 amide bonds. The van der Waals surface area contributed by atoms with E-state index in [-0.39, 0.29) is 11.9 Å². The van der Waals surface area contributed by atoms with E-state index in [0.717, 1.165) is 20.5 Å². The van der Waals surface area contributed by atoms with Crippen LogP contribution in [0.2, 0.25) is 5.02 Å². The van der Waals surface area contributed by atoms with Crippen LogP contribution in [0.1, 0.15) is 21.3 Å². The summed E-state index contributed by atoms with van der Waals surface area (Å²) < 4.78 is 1.13. The second kappa shape index (κ2) is 7.34. The lowest BCUT2D eigenvalue weighted by Gasteiger charge is -2.25. The number of fused-ring (bicyclic) bond motifs is 1. The van der Waals surface area contributed by atoms with Gasteiger partial charge in [-0.15, -0.1) is 11.3 Å². The van der Waals surface area contributed by atoms with Gasteiger partial charge in [0.1, 0.15) is 0 Å². The Balaban J connectivity index is 1.73. The lowest BCUT2D eigenvalue weighted by molar-refractivity contribution is 0.0946. The number of rotatable bonds is 5. The van der Waals surface area contributed by atoms with E-state index in [1.165, 1.54) is 11.3 Å². The van der Waals surface area contributed by atoms with E-state index in [4.69, 9.17) is 11.6 Å². The third-order valence-corrected chi connectivity index (χ3v) is 5.31. The molecule has 0 saturated carbocycles. The van der Waals surface area contributed by atoms with Crippen LogP contribution in [0, 0.1) is 0 Å².